The van der Waals surface area contributed by atoms with Crippen LogP contribution in [0, 0.1) is 6.92 Å². The van der Waals surface area contributed by atoms with E-state index in [1.54, 1.807) is 17.7 Å². The summed E-state index contributed by atoms with van der Waals surface area (Å²) in [5, 5.41) is 7.83. The van der Waals surface area contributed by atoms with E-state index in [2.05, 4.69) is 49.5 Å². The third-order valence-corrected chi connectivity index (χ3v) is 5.58. The third-order valence-electron chi connectivity index (χ3n) is 5.26. The van der Waals surface area contributed by atoms with Crippen LogP contribution in [0.2, 0.25) is 5.02 Å². The first-order valence-corrected chi connectivity index (χ1v) is 10.5. The van der Waals surface area contributed by atoms with Crippen molar-refractivity contribution in [2.45, 2.75) is 6.92 Å². The molecule has 8 heteroatoms. The van der Waals surface area contributed by atoms with Crippen LogP contribution in [0.5, 0.6) is 0 Å². The van der Waals surface area contributed by atoms with E-state index < -0.39 is 0 Å². The number of carbonyl (C=O) groups is 1. The predicted molar refractivity (Wildman–Crippen MR) is 119 cm³/mol. The Labute approximate surface area is 181 Å². The second-order valence-electron chi connectivity index (χ2n) is 7.27. The number of para-hydroxylation sites is 2. The van der Waals surface area contributed by atoms with Crippen LogP contribution in [-0.2, 0) is 0 Å². The Balaban J connectivity index is 1.27. The normalized spacial score (nSPS) is 14.7. The van der Waals surface area contributed by atoms with Crippen LogP contribution in [0.1, 0.15) is 16.4 Å². The lowest BCUT2D eigenvalue weighted by atomic mass is 10.2. The van der Waals surface area contributed by atoms with Crippen molar-refractivity contribution >= 4 is 23.2 Å². The number of carbonyl (C=O) groups excluding carboxylic acids is 1. The molecular formula is C22H25ClN6O. The van der Waals surface area contributed by atoms with Gasteiger partial charge >= 0.3 is 0 Å². The van der Waals surface area contributed by atoms with E-state index in [1.165, 1.54) is 5.69 Å². The molecule has 1 N–H and O–H groups in total. The molecule has 1 aromatic heterocycles. The van der Waals surface area contributed by atoms with Gasteiger partial charge in [-0.05, 0) is 31.2 Å². The molecule has 0 spiro atoms. The molecule has 1 aliphatic heterocycles. The van der Waals surface area contributed by atoms with Crippen molar-refractivity contribution < 1.29 is 4.79 Å². The number of aryl methyl sites for hydroxylation is 1. The standard InChI is InChI=1S/C22H25ClN6O/c1-17-25-21(26-29(17)20-10-6-5-9-19(20)23)22(30)24-11-12-27-13-15-28(16-14-27)18-7-3-2-4-8-18/h2-10H,11-16H2,1H3,(H,24,30). The highest BCUT2D eigenvalue weighted by molar-refractivity contribution is 6.32. The smallest absolute Gasteiger partial charge is 0.291 e. The Bertz CT molecular complexity index is 998. The van der Waals surface area contributed by atoms with Crippen LogP contribution < -0.4 is 10.2 Å². The van der Waals surface area contributed by atoms with Crippen molar-refractivity contribution in [1.82, 2.24) is 25.0 Å². The number of benzene rings is 2. The quantitative estimate of drug-likeness (QED) is 0.659. The van der Waals surface area contributed by atoms with Crippen molar-refractivity contribution in [2.75, 3.05) is 44.2 Å². The van der Waals surface area contributed by atoms with Gasteiger partial charge in [0.2, 0.25) is 5.82 Å². The third kappa shape index (κ3) is 4.63. The Hall–Kier alpha value is -2.90. The number of anilines is 1. The Morgan fingerprint density at radius 2 is 1.73 bits per heavy atom. The number of piperazine rings is 1. The van der Waals surface area contributed by atoms with Crippen LogP contribution in [0.15, 0.2) is 54.6 Å². The van der Waals surface area contributed by atoms with E-state index >= 15 is 0 Å². The lowest BCUT2D eigenvalue weighted by Crippen LogP contribution is -2.48. The van der Waals surface area contributed by atoms with E-state index in [0.29, 0.717) is 23.1 Å². The second-order valence-corrected chi connectivity index (χ2v) is 7.67. The van der Waals surface area contributed by atoms with Crippen LogP contribution in [-0.4, -0.2) is 64.8 Å². The molecule has 1 fully saturated rings. The number of aromatic nitrogens is 3. The summed E-state index contributed by atoms with van der Waals surface area (Å²) in [6, 6.07) is 17.8. The number of amides is 1. The van der Waals surface area contributed by atoms with Gasteiger partial charge in [0.25, 0.3) is 5.91 Å². The maximum Gasteiger partial charge on any atom is 0.291 e. The highest BCUT2D eigenvalue weighted by Crippen LogP contribution is 2.20. The minimum Gasteiger partial charge on any atom is -0.369 e. The fraction of sp³-hybridized carbons (Fsp3) is 0.318. The largest absolute Gasteiger partial charge is 0.369 e. The monoisotopic (exact) mass is 424 g/mol. The molecule has 1 amide bonds. The molecular weight excluding hydrogens is 400 g/mol. The summed E-state index contributed by atoms with van der Waals surface area (Å²) in [5.41, 5.74) is 1.97. The highest BCUT2D eigenvalue weighted by Gasteiger charge is 2.19. The molecule has 0 unspecified atom stereocenters. The summed E-state index contributed by atoms with van der Waals surface area (Å²) < 4.78 is 1.60. The number of hydrogen-bond acceptors (Lipinski definition) is 5. The molecule has 1 aliphatic rings. The Kier molecular flexibility index (Phi) is 6.30. The van der Waals surface area contributed by atoms with Gasteiger partial charge in [-0.1, -0.05) is 41.9 Å². The second kappa shape index (κ2) is 9.28. The zero-order valence-corrected chi connectivity index (χ0v) is 17.7. The lowest BCUT2D eigenvalue weighted by Gasteiger charge is -2.36. The van der Waals surface area contributed by atoms with Crippen LogP contribution in [0.25, 0.3) is 5.69 Å². The van der Waals surface area contributed by atoms with Crippen molar-refractivity contribution in [2.24, 2.45) is 0 Å². The highest BCUT2D eigenvalue weighted by atomic mass is 35.5. The zero-order valence-electron chi connectivity index (χ0n) is 17.0. The van der Waals surface area contributed by atoms with Gasteiger partial charge in [-0.2, -0.15) is 0 Å². The van der Waals surface area contributed by atoms with Gasteiger partial charge in [0.05, 0.1) is 10.7 Å². The van der Waals surface area contributed by atoms with Gasteiger partial charge < -0.3 is 10.2 Å². The van der Waals surface area contributed by atoms with Crippen LogP contribution in [0.3, 0.4) is 0 Å². The maximum absolute atomic E-state index is 12.5. The molecule has 2 heterocycles. The topological polar surface area (TPSA) is 66.3 Å². The summed E-state index contributed by atoms with van der Waals surface area (Å²) in [6.45, 7) is 7.09. The summed E-state index contributed by atoms with van der Waals surface area (Å²) in [6.07, 6.45) is 0. The van der Waals surface area contributed by atoms with Crippen LogP contribution in [0.4, 0.5) is 5.69 Å². The van der Waals surface area contributed by atoms with Crippen LogP contribution >= 0.6 is 11.6 Å². The number of rotatable bonds is 6. The summed E-state index contributed by atoms with van der Waals surface area (Å²) >= 11 is 6.24. The molecule has 0 saturated carbocycles. The fourth-order valence-electron chi connectivity index (χ4n) is 3.61. The van der Waals surface area contributed by atoms with Gasteiger partial charge in [0, 0.05) is 45.0 Å². The average molecular weight is 425 g/mol. The predicted octanol–water partition coefficient (Wildman–Crippen LogP) is 2.78. The molecule has 3 aromatic rings. The van der Waals surface area contributed by atoms with Gasteiger partial charge in [-0.15, -0.1) is 5.10 Å². The van der Waals surface area contributed by atoms with Gasteiger partial charge in [0.1, 0.15) is 5.82 Å². The average Bonchev–Trinajstić information content (AvgIpc) is 3.17. The molecule has 1 saturated heterocycles. The summed E-state index contributed by atoms with van der Waals surface area (Å²) in [4.78, 5) is 21.5. The van der Waals surface area contributed by atoms with E-state index in [4.69, 9.17) is 11.6 Å². The number of nitrogens with zero attached hydrogens (tertiary/aromatic N) is 5. The van der Waals surface area contributed by atoms with Crippen molar-refractivity contribution in [1.29, 1.82) is 0 Å². The maximum atomic E-state index is 12.5. The SMILES string of the molecule is Cc1nc(C(=O)NCCN2CCN(c3ccccc3)CC2)nn1-c1ccccc1Cl. The first-order chi connectivity index (χ1) is 14.6. The van der Waals surface area contributed by atoms with E-state index in [-0.39, 0.29) is 11.7 Å². The minimum atomic E-state index is -0.271. The molecule has 30 heavy (non-hydrogen) atoms. The minimum absolute atomic E-state index is 0.154. The van der Waals surface area contributed by atoms with Crippen molar-refractivity contribution in [3.63, 3.8) is 0 Å². The summed E-state index contributed by atoms with van der Waals surface area (Å²) in [5.74, 6) is 0.499. The zero-order chi connectivity index (χ0) is 20.9. The van der Waals surface area contributed by atoms with Crippen molar-refractivity contribution in [3.8, 4) is 5.69 Å². The fourth-order valence-corrected chi connectivity index (χ4v) is 3.83. The Morgan fingerprint density at radius 3 is 2.47 bits per heavy atom. The Morgan fingerprint density at radius 1 is 1.03 bits per heavy atom. The number of halogens is 1. The molecule has 0 bridgehead atoms. The first kappa shape index (κ1) is 20.4. The number of nitrogens with one attached hydrogen (secondary N) is 1. The molecule has 0 aliphatic carbocycles. The van der Waals surface area contributed by atoms with E-state index in [0.717, 1.165) is 32.7 Å². The molecule has 2 aromatic carbocycles. The molecule has 156 valence electrons. The van der Waals surface area contributed by atoms with E-state index in [1.807, 2.05) is 24.3 Å². The lowest BCUT2D eigenvalue weighted by molar-refractivity contribution is 0.0937. The molecule has 4 rings (SSSR count). The number of hydrogen-bond donors (Lipinski definition) is 1. The van der Waals surface area contributed by atoms with Crippen molar-refractivity contribution in [3.05, 3.63) is 71.3 Å². The summed E-state index contributed by atoms with van der Waals surface area (Å²) in [7, 11) is 0. The van der Waals surface area contributed by atoms with Gasteiger partial charge in [-0.25, -0.2) is 9.67 Å². The van der Waals surface area contributed by atoms with E-state index in [9.17, 15) is 4.79 Å². The van der Waals surface area contributed by atoms with Gasteiger partial charge in [0.15, 0.2) is 0 Å². The first-order valence-electron chi connectivity index (χ1n) is 10.1. The molecule has 0 radical (unpaired) electrons. The molecule has 7 nitrogen and oxygen atoms in total. The molecule has 0 atom stereocenters. The van der Waals surface area contributed by atoms with Gasteiger partial charge in [-0.3, -0.25) is 9.69 Å².